The fourth-order valence-electron chi connectivity index (χ4n) is 3.98. The average molecular weight is 493 g/mol. The molecule has 0 fully saturated rings. The van der Waals surface area contributed by atoms with Gasteiger partial charge in [0.05, 0.1) is 5.69 Å². The third kappa shape index (κ3) is 6.13. The molecule has 0 aliphatic carbocycles. The van der Waals surface area contributed by atoms with Gasteiger partial charge in [0, 0.05) is 36.4 Å². The van der Waals surface area contributed by atoms with Crippen molar-refractivity contribution in [3.8, 4) is 22.4 Å². The number of fused-ring (bicyclic) bond motifs is 1. The molecule has 0 saturated carbocycles. The van der Waals surface area contributed by atoms with E-state index in [9.17, 15) is 13.2 Å². The Morgan fingerprint density at radius 1 is 0.914 bits per heavy atom. The molecule has 0 unspecified atom stereocenters. The van der Waals surface area contributed by atoms with Gasteiger partial charge in [0.1, 0.15) is 4.90 Å². The summed E-state index contributed by atoms with van der Waals surface area (Å²) in [5, 5.41) is 9.64. The third-order valence-electron chi connectivity index (χ3n) is 5.85. The van der Waals surface area contributed by atoms with Crippen molar-refractivity contribution in [1.29, 1.82) is 0 Å². The van der Waals surface area contributed by atoms with E-state index in [0.717, 1.165) is 40.4 Å². The fraction of sp³-hybridized carbons (Fsp3) is 0.231. The summed E-state index contributed by atoms with van der Waals surface area (Å²) in [6, 6.07) is 19.1. The van der Waals surface area contributed by atoms with Crippen LogP contribution in [-0.4, -0.2) is 36.0 Å². The molecule has 9 heteroatoms. The number of pyridine rings is 1. The van der Waals surface area contributed by atoms with E-state index >= 15 is 0 Å². The van der Waals surface area contributed by atoms with E-state index in [1.54, 1.807) is 23.8 Å². The molecule has 0 atom stereocenters. The zero-order chi connectivity index (χ0) is 24.7. The average Bonchev–Trinajstić information content (AvgIpc) is 3.36. The Balaban J connectivity index is 1.42. The van der Waals surface area contributed by atoms with Gasteiger partial charge in [0.2, 0.25) is 15.9 Å². The van der Waals surface area contributed by atoms with Crippen molar-refractivity contribution in [2.45, 2.75) is 37.0 Å². The van der Waals surface area contributed by atoms with Gasteiger partial charge in [-0.05, 0) is 53.6 Å². The quantitative estimate of drug-likeness (QED) is 0.138. The summed E-state index contributed by atoms with van der Waals surface area (Å²) in [5.41, 5.74) is 5.88. The molecule has 0 spiro atoms. The van der Waals surface area contributed by atoms with E-state index < -0.39 is 15.9 Å². The second-order valence-corrected chi connectivity index (χ2v) is 10.0. The van der Waals surface area contributed by atoms with Crippen LogP contribution in [0.2, 0.25) is 0 Å². The summed E-state index contributed by atoms with van der Waals surface area (Å²) in [7, 11) is -3.74. The lowest BCUT2D eigenvalue weighted by Crippen LogP contribution is -2.25. The number of aromatic nitrogens is 2. The Morgan fingerprint density at radius 2 is 1.66 bits per heavy atom. The van der Waals surface area contributed by atoms with Crippen LogP contribution in [0.15, 0.2) is 78.0 Å². The van der Waals surface area contributed by atoms with E-state index in [-0.39, 0.29) is 11.3 Å². The highest BCUT2D eigenvalue weighted by molar-refractivity contribution is 7.89. The smallest absolute Gasteiger partial charge is 0.243 e. The van der Waals surface area contributed by atoms with Crippen LogP contribution >= 0.6 is 0 Å². The first-order valence-electron chi connectivity index (χ1n) is 11.5. The van der Waals surface area contributed by atoms with Gasteiger partial charge in [0.15, 0.2) is 0 Å². The number of sulfonamides is 1. The highest BCUT2D eigenvalue weighted by atomic mass is 32.2. The van der Waals surface area contributed by atoms with Crippen molar-refractivity contribution in [2.75, 3.05) is 6.54 Å². The molecule has 182 valence electrons. The van der Waals surface area contributed by atoms with Gasteiger partial charge in [-0.25, -0.2) is 18.6 Å². The van der Waals surface area contributed by atoms with Gasteiger partial charge < -0.3 is 4.98 Å². The molecule has 4 N–H and O–H groups in total. The number of carbonyl (C=O) groups excluding carboxylic acids is 1. The molecule has 4 rings (SSSR count). The van der Waals surface area contributed by atoms with Crippen LogP contribution in [0.4, 0.5) is 0 Å². The molecular formula is C26H28N4O4S. The summed E-state index contributed by atoms with van der Waals surface area (Å²) in [5.74, 6) is -0.413. The van der Waals surface area contributed by atoms with Gasteiger partial charge in [-0.1, -0.05) is 49.2 Å². The lowest BCUT2D eigenvalue weighted by atomic mass is 10.0. The number of benzene rings is 2. The number of H-pyrrole nitrogens is 1. The minimum absolute atomic E-state index is 0.139. The molecule has 0 radical (unpaired) electrons. The fourth-order valence-corrected chi connectivity index (χ4v) is 5.23. The highest BCUT2D eigenvalue weighted by Gasteiger charge is 2.20. The van der Waals surface area contributed by atoms with Crippen LogP contribution in [0.1, 0.15) is 32.1 Å². The van der Waals surface area contributed by atoms with Crippen LogP contribution in [0.5, 0.6) is 0 Å². The molecule has 35 heavy (non-hydrogen) atoms. The van der Waals surface area contributed by atoms with Crippen molar-refractivity contribution in [1.82, 2.24) is 20.2 Å². The second kappa shape index (κ2) is 11.3. The third-order valence-corrected chi connectivity index (χ3v) is 7.35. The van der Waals surface area contributed by atoms with Gasteiger partial charge in [-0.15, -0.1) is 0 Å². The minimum Gasteiger partial charge on any atom is -0.361 e. The molecule has 0 aliphatic rings. The van der Waals surface area contributed by atoms with Gasteiger partial charge in [0.25, 0.3) is 0 Å². The topological polar surface area (TPSA) is 124 Å². The van der Waals surface area contributed by atoms with Crippen molar-refractivity contribution < 1.29 is 18.4 Å². The lowest BCUT2D eigenvalue weighted by Gasteiger charge is -2.11. The minimum atomic E-state index is -3.74. The normalized spacial score (nSPS) is 11.6. The number of hydrogen-bond acceptors (Lipinski definition) is 5. The second-order valence-electron chi connectivity index (χ2n) is 8.30. The number of hydrogen-bond donors (Lipinski definition) is 4. The Morgan fingerprint density at radius 3 is 2.46 bits per heavy atom. The Bertz CT molecular complexity index is 1400. The molecule has 2 heterocycles. The van der Waals surface area contributed by atoms with Gasteiger partial charge in [-0.2, -0.15) is 0 Å². The van der Waals surface area contributed by atoms with E-state index in [4.69, 9.17) is 5.21 Å². The molecular weight excluding hydrogens is 464 g/mol. The molecule has 8 nitrogen and oxygen atoms in total. The largest absolute Gasteiger partial charge is 0.361 e. The SMILES string of the molecule is O=C(CCCCCCNS(=O)(=O)c1cccnc1-c1ccc(-c2ccc3cc[nH]c3c2)cc1)NO. The number of unbranched alkanes of at least 4 members (excludes halogenated alkanes) is 3. The Kier molecular flexibility index (Phi) is 7.91. The first-order valence-corrected chi connectivity index (χ1v) is 13.0. The molecule has 2 aromatic heterocycles. The number of amides is 1. The number of nitrogens with zero attached hydrogens (tertiary/aromatic N) is 1. The van der Waals surface area contributed by atoms with E-state index in [0.29, 0.717) is 25.1 Å². The standard InChI is InChI=1S/C26H28N4O4S/c31-25(30-32)7-3-1-2-4-16-29-35(33,34)24-6-5-15-28-26(24)21-11-8-19(9-12-21)22-13-10-20-14-17-27-23(20)18-22/h5-6,8-15,17-18,27,29,32H,1-4,7,16H2,(H,30,31). The molecule has 0 bridgehead atoms. The first-order chi connectivity index (χ1) is 17.0. The van der Waals surface area contributed by atoms with E-state index in [1.165, 1.54) is 0 Å². The van der Waals surface area contributed by atoms with Crippen LogP contribution in [-0.2, 0) is 14.8 Å². The first kappa shape index (κ1) is 24.6. The van der Waals surface area contributed by atoms with Crippen LogP contribution in [0.25, 0.3) is 33.3 Å². The van der Waals surface area contributed by atoms with Crippen LogP contribution in [0, 0.1) is 0 Å². The zero-order valence-electron chi connectivity index (χ0n) is 19.2. The maximum absolute atomic E-state index is 13.0. The predicted molar refractivity (Wildman–Crippen MR) is 135 cm³/mol. The van der Waals surface area contributed by atoms with Crippen molar-refractivity contribution >= 4 is 26.8 Å². The van der Waals surface area contributed by atoms with Crippen molar-refractivity contribution in [2.24, 2.45) is 0 Å². The predicted octanol–water partition coefficient (Wildman–Crippen LogP) is 4.63. The number of hydroxylamine groups is 1. The summed E-state index contributed by atoms with van der Waals surface area (Å²) < 4.78 is 28.6. The van der Waals surface area contributed by atoms with Crippen LogP contribution in [0.3, 0.4) is 0 Å². The lowest BCUT2D eigenvalue weighted by molar-refractivity contribution is -0.129. The summed E-state index contributed by atoms with van der Waals surface area (Å²) in [4.78, 5) is 18.7. The number of aromatic amines is 1. The molecule has 2 aromatic carbocycles. The molecule has 1 amide bonds. The number of nitrogens with one attached hydrogen (secondary N) is 3. The molecule has 4 aromatic rings. The molecule has 0 aliphatic heterocycles. The number of rotatable bonds is 11. The van der Waals surface area contributed by atoms with Crippen LogP contribution < -0.4 is 10.2 Å². The maximum atomic E-state index is 13.0. The Labute approximate surface area is 204 Å². The zero-order valence-corrected chi connectivity index (χ0v) is 20.0. The van der Waals surface area contributed by atoms with Gasteiger partial charge >= 0.3 is 0 Å². The van der Waals surface area contributed by atoms with E-state index in [1.807, 2.05) is 36.5 Å². The van der Waals surface area contributed by atoms with Crippen molar-refractivity contribution in [3.63, 3.8) is 0 Å². The van der Waals surface area contributed by atoms with Crippen molar-refractivity contribution in [3.05, 3.63) is 73.1 Å². The Hall–Kier alpha value is -3.53. The maximum Gasteiger partial charge on any atom is 0.243 e. The monoisotopic (exact) mass is 492 g/mol. The van der Waals surface area contributed by atoms with Gasteiger partial charge in [-0.3, -0.25) is 15.0 Å². The number of carbonyl (C=O) groups is 1. The summed E-state index contributed by atoms with van der Waals surface area (Å²) in [6.45, 7) is 0.295. The van der Waals surface area contributed by atoms with E-state index in [2.05, 4.69) is 32.9 Å². The summed E-state index contributed by atoms with van der Waals surface area (Å²) >= 11 is 0. The summed E-state index contributed by atoms with van der Waals surface area (Å²) in [6.07, 6.45) is 6.59. The highest BCUT2D eigenvalue weighted by Crippen LogP contribution is 2.29. The molecule has 0 saturated heterocycles.